The first-order valence-corrected chi connectivity index (χ1v) is 12.3. The molecule has 1 aliphatic heterocycles. The zero-order valence-corrected chi connectivity index (χ0v) is 18.1. The zero-order valence-electron chi connectivity index (χ0n) is 17.1. The van der Waals surface area contributed by atoms with E-state index in [4.69, 9.17) is 28.1 Å². The molecule has 0 N–H and O–H groups in total. The highest BCUT2D eigenvalue weighted by Gasteiger charge is 2.46. The highest BCUT2D eigenvalue weighted by Crippen LogP contribution is 2.34. The lowest BCUT2D eigenvalue weighted by Crippen LogP contribution is -2.40. The Morgan fingerprint density at radius 3 is 2.08 bits per heavy atom. The standard InChI is InChI=1S/C18H34O7Si/c1-18(23-16(12-21-3)17(24-18)13-22-4)11-15(25-26(5,6)7)10-14(19)8-9-20-2/h8-9,15-17H,10-13H2,1-7H3/b9-8+/t15?,16-,17-/m0/s1. The van der Waals surface area contributed by atoms with Crippen LogP contribution in [0.25, 0.3) is 0 Å². The average molecular weight is 391 g/mol. The van der Waals surface area contributed by atoms with Crippen LogP contribution >= 0.6 is 0 Å². The monoisotopic (exact) mass is 390 g/mol. The maximum Gasteiger partial charge on any atom is 0.184 e. The molecule has 3 atom stereocenters. The van der Waals surface area contributed by atoms with Crippen molar-refractivity contribution >= 4 is 14.1 Å². The molecule has 7 nitrogen and oxygen atoms in total. The van der Waals surface area contributed by atoms with Gasteiger partial charge < -0.3 is 28.1 Å². The summed E-state index contributed by atoms with van der Waals surface area (Å²) in [5.41, 5.74) is 0. The fourth-order valence-electron chi connectivity index (χ4n) is 3.03. The predicted molar refractivity (Wildman–Crippen MR) is 101 cm³/mol. The van der Waals surface area contributed by atoms with Gasteiger partial charge in [-0.25, -0.2) is 0 Å². The molecular formula is C18H34O7Si. The summed E-state index contributed by atoms with van der Waals surface area (Å²) in [7, 11) is 2.90. The Labute approximate surface area is 158 Å². The van der Waals surface area contributed by atoms with Crippen LogP contribution in [0.4, 0.5) is 0 Å². The van der Waals surface area contributed by atoms with Gasteiger partial charge in [-0.15, -0.1) is 0 Å². The van der Waals surface area contributed by atoms with Gasteiger partial charge in [0, 0.05) is 33.1 Å². The molecule has 1 fully saturated rings. The number of carbonyl (C=O) groups is 1. The molecule has 0 aromatic carbocycles. The molecule has 152 valence electrons. The highest BCUT2D eigenvalue weighted by atomic mass is 28.4. The van der Waals surface area contributed by atoms with Crippen molar-refractivity contribution in [3.63, 3.8) is 0 Å². The third kappa shape index (κ3) is 8.28. The van der Waals surface area contributed by atoms with Crippen LogP contribution in [0.15, 0.2) is 12.3 Å². The number of ketones is 1. The van der Waals surface area contributed by atoms with Gasteiger partial charge in [-0.05, 0) is 26.6 Å². The summed E-state index contributed by atoms with van der Waals surface area (Å²) in [5.74, 6) is -0.916. The third-order valence-corrected chi connectivity index (χ3v) is 4.86. The number of rotatable bonds is 12. The quantitative estimate of drug-likeness (QED) is 0.288. The molecule has 1 heterocycles. The number of carbonyl (C=O) groups excluding carboxylic acids is 1. The second kappa shape index (κ2) is 10.5. The van der Waals surface area contributed by atoms with E-state index < -0.39 is 14.1 Å². The number of methoxy groups -OCH3 is 3. The summed E-state index contributed by atoms with van der Waals surface area (Å²) < 4.78 is 33.7. The lowest BCUT2D eigenvalue weighted by molar-refractivity contribution is -0.184. The molecule has 8 heteroatoms. The number of ether oxygens (including phenoxy) is 5. The number of hydrogen-bond donors (Lipinski definition) is 0. The summed E-state index contributed by atoms with van der Waals surface area (Å²) in [4.78, 5) is 12.2. The van der Waals surface area contributed by atoms with E-state index in [2.05, 4.69) is 19.6 Å². The van der Waals surface area contributed by atoms with Crippen LogP contribution in [-0.2, 0) is 32.9 Å². The number of allylic oxidation sites excluding steroid dienone is 1. The Balaban J connectivity index is 2.83. The Hall–Kier alpha value is -0.773. The summed E-state index contributed by atoms with van der Waals surface area (Å²) in [5, 5.41) is 0. The van der Waals surface area contributed by atoms with Crippen LogP contribution in [-0.4, -0.2) is 72.7 Å². The molecule has 1 unspecified atom stereocenters. The topological polar surface area (TPSA) is 72.5 Å². The molecule has 26 heavy (non-hydrogen) atoms. The van der Waals surface area contributed by atoms with Gasteiger partial charge >= 0.3 is 0 Å². The summed E-state index contributed by atoms with van der Waals surface area (Å²) in [6.07, 6.45) is 2.75. The number of hydrogen-bond acceptors (Lipinski definition) is 7. The first-order chi connectivity index (χ1) is 12.1. The maximum atomic E-state index is 12.2. The molecule has 0 aliphatic carbocycles. The van der Waals surface area contributed by atoms with E-state index >= 15 is 0 Å². The second-order valence-corrected chi connectivity index (χ2v) is 12.1. The van der Waals surface area contributed by atoms with E-state index in [0.29, 0.717) is 19.6 Å². The summed E-state index contributed by atoms with van der Waals surface area (Å²) >= 11 is 0. The first kappa shape index (κ1) is 23.3. The molecule has 0 amide bonds. The van der Waals surface area contributed by atoms with Crippen molar-refractivity contribution in [2.75, 3.05) is 34.5 Å². The zero-order chi connectivity index (χ0) is 19.8. The van der Waals surface area contributed by atoms with Crippen LogP contribution in [0.1, 0.15) is 19.8 Å². The van der Waals surface area contributed by atoms with E-state index in [1.165, 1.54) is 19.4 Å². The molecule has 0 spiro atoms. The van der Waals surface area contributed by atoms with Crippen molar-refractivity contribution < 1.29 is 32.9 Å². The molecule has 1 saturated heterocycles. The van der Waals surface area contributed by atoms with Gasteiger partial charge in [0.1, 0.15) is 12.2 Å². The van der Waals surface area contributed by atoms with E-state index in [1.54, 1.807) is 14.2 Å². The maximum absolute atomic E-state index is 12.2. The molecule has 1 rings (SSSR count). The Morgan fingerprint density at radius 2 is 1.65 bits per heavy atom. The van der Waals surface area contributed by atoms with Gasteiger partial charge in [-0.3, -0.25) is 4.79 Å². The van der Waals surface area contributed by atoms with Crippen LogP contribution in [0.3, 0.4) is 0 Å². The summed E-state index contributed by atoms with van der Waals surface area (Å²) in [6, 6.07) is 0. The van der Waals surface area contributed by atoms with Crippen molar-refractivity contribution in [1.82, 2.24) is 0 Å². The highest BCUT2D eigenvalue weighted by molar-refractivity contribution is 6.69. The lowest BCUT2D eigenvalue weighted by Gasteiger charge is -2.32. The van der Waals surface area contributed by atoms with Crippen LogP contribution < -0.4 is 0 Å². The first-order valence-electron chi connectivity index (χ1n) is 8.86. The van der Waals surface area contributed by atoms with Gasteiger partial charge in [0.2, 0.25) is 0 Å². The predicted octanol–water partition coefficient (Wildman–Crippen LogP) is 2.51. The molecule has 0 bridgehead atoms. The normalized spacial score (nSPS) is 24.1. The molecule has 0 aromatic heterocycles. The molecule has 0 saturated carbocycles. The van der Waals surface area contributed by atoms with E-state index in [1.807, 2.05) is 6.92 Å². The van der Waals surface area contributed by atoms with Crippen molar-refractivity contribution in [2.45, 2.75) is 63.5 Å². The van der Waals surface area contributed by atoms with E-state index in [-0.39, 0.29) is 30.5 Å². The van der Waals surface area contributed by atoms with Crippen LogP contribution in [0, 0.1) is 0 Å². The van der Waals surface area contributed by atoms with Gasteiger partial charge in [0.05, 0.1) is 32.7 Å². The molecule has 0 radical (unpaired) electrons. The van der Waals surface area contributed by atoms with Gasteiger partial charge in [0.15, 0.2) is 19.9 Å². The van der Waals surface area contributed by atoms with Crippen LogP contribution in [0.5, 0.6) is 0 Å². The smallest absolute Gasteiger partial charge is 0.184 e. The van der Waals surface area contributed by atoms with Crippen LogP contribution in [0.2, 0.25) is 19.6 Å². The minimum absolute atomic E-state index is 0.0569. The van der Waals surface area contributed by atoms with Crippen molar-refractivity contribution in [2.24, 2.45) is 0 Å². The lowest BCUT2D eigenvalue weighted by atomic mass is 10.0. The Morgan fingerprint density at radius 1 is 1.12 bits per heavy atom. The van der Waals surface area contributed by atoms with Gasteiger partial charge in [-0.2, -0.15) is 0 Å². The third-order valence-electron chi connectivity index (χ3n) is 3.82. The second-order valence-electron chi connectivity index (χ2n) is 7.62. The Kier molecular flexibility index (Phi) is 9.43. The largest absolute Gasteiger partial charge is 0.504 e. The molecular weight excluding hydrogens is 356 g/mol. The van der Waals surface area contributed by atoms with Gasteiger partial charge in [0.25, 0.3) is 0 Å². The minimum Gasteiger partial charge on any atom is -0.504 e. The Bertz CT molecular complexity index is 447. The fraction of sp³-hybridized carbons (Fsp3) is 0.833. The molecule has 1 aliphatic rings. The SMILES string of the molecule is CO/C=C/C(=O)CC(CC1(C)O[C@@H](COC)[C@H](COC)O1)O[Si](C)(C)C. The molecule has 0 aromatic rings. The van der Waals surface area contributed by atoms with Crippen molar-refractivity contribution in [3.8, 4) is 0 Å². The van der Waals surface area contributed by atoms with Crippen molar-refractivity contribution in [1.29, 1.82) is 0 Å². The van der Waals surface area contributed by atoms with Gasteiger partial charge in [-0.1, -0.05) is 0 Å². The average Bonchev–Trinajstić information content (AvgIpc) is 2.79. The van der Waals surface area contributed by atoms with E-state index in [9.17, 15) is 4.79 Å². The van der Waals surface area contributed by atoms with Crippen molar-refractivity contribution in [3.05, 3.63) is 12.3 Å². The van der Waals surface area contributed by atoms with E-state index in [0.717, 1.165) is 0 Å². The fourth-order valence-corrected chi connectivity index (χ4v) is 4.20. The summed E-state index contributed by atoms with van der Waals surface area (Å²) in [6.45, 7) is 8.99. The minimum atomic E-state index is -1.86.